The first kappa shape index (κ1) is 17.5. The number of nitrogens with zero attached hydrogens (tertiary/aromatic N) is 2. The van der Waals surface area contributed by atoms with Gasteiger partial charge in [-0.1, -0.05) is 0 Å². The molecule has 2 fully saturated rings. The van der Waals surface area contributed by atoms with Gasteiger partial charge in [0, 0.05) is 32.8 Å². The fourth-order valence-electron chi connectivity index (χ4n) is 3.46. The number of aliphatic hydroxyl groups is 1. The first-order valence-corrected chi connectivity index (χ1v) is 8.68. The molecule has 2 heterocycles. The maximum absolute atomic E-state index is 12.1. The molecule has 1 atom stereocenters. The van der Waals surface area contributed by atoms with Crippen molar-refractivity contribution in [1.82, 2.24) is 9.80 Å². The molecule has 0 aromatic carbocycles. The molecule has 1 N–H and O–H groups in total. The topological polar surface area (TPSA) is 53.0 Å². The number of carbonyl (C=O) groups is 1. The molecule has 1 amide bonds. The molecule has 0 spiro atoms. The van der Waals surface area contributed by atoms with Crippen LogP contribution in [0.3, 0.4) is 0 Å². The van der Waals surface area contributed by atoms with E-state index < -0.39 is 5.60 Å². The van der Waals surface area contributed by atoms with Gasteiger partial charge in [-0.2, -0.15) is 0 Å². The normalized spacial score (nSPS) is 25.3. The largest absolute Gasteiger partial charge is 0.444 e. The Morgan fingerprint density at radius 3 is 2.41 bits per heavy atom. The summed E-state index contributed by atoms with van der Waals surface area (Å²) in [6, 6.07) is 0. The van der Waals surface area contributed by atoms with Gasteiger partial charge >= 0.3 is 6.09 Å². The number of rotatable bonds is 3. The molecule has 5 nitrogen and oxygen atoms in total. The average molecular weight is 312 g/mol. The number of likely N-dealkylation sites (tertiary alicyclic amines) is 2. The lowest BCUT2D eigenvalue weighted by Crippen LogP contribution is -2.45. The van der Waals surface area contributed by atoms with Crippen LogP contribution in [0.5, 0.6) is 0 Å². The molecule has 22 heavy (non-hydrogen) atoms. The highest BCUT2D eigenvalue weighted by Gasteiger charge is 2.28. The zero-order valence-electron chi connectivity index (χ0n) is 14.4. The molecular formula is C17H32N2O3. The van der Waals surface area contributed by atoms with Gasteiger partial charge in [-0.15, -0.1) is 0 Å². The molecule has 2 aliphatic heterocycles. The lowest BCUT2D eigenvalue weighted by Gasteiger charge is -2.38. The van der Waals surface area contributed by atoms with Crippen molar-refractivity contribution in [2.24, 2.45) is 11.8 Å². The van der Waals surface area contributed by atoms with E-state index in [-0.39, 0.29) is 6.09 Å². The van der Waals surface area contributed by atoms with E-state index in [4.69, 9.17) is 4.74 Å². The summed E-state index contributed by atoms with van der Waals surface area (Å²) < 4.78 is 5.44. The lowest BCUT2D eigenvalue weighted by atomic mass is 9.93. The van der Waals surface area contributed by atoms with Crippen LogP contribution < -0.4 is 0 Å². The van der Waals surface area contributed by atoms with E-state index in [9.17, 15) is 9.90 Å². The van der Waals surface area contributed by atoms with E-state index in [0.717, 1.165) is 52.0 Å². The molecule has 2 aliphatic rings. The number of ether oxygens (including phenoxy) is 1. The van der Waals surface area contributed by atoms with Crippen molar-refractivity contribution in [1.29, 1.82) is 0 Å². The molecular weight excluding hydrogens is 280 g/mol. The minimum atomic E-state index is -0.416. The Bertz CT molecular complexity index is 359. The zero-order chi connectivity index (χ0) is 16.2. The number of hydrogen-bond donors (Lipinski definition) is 1. The number of amides is 1. The first-order valence-electron chi connectivity index (χ1n) is 8.68. The quantitative estimate of drug-likeness (QED) is 0.869. The second kappa shape index (κ2) is 7.64. The average Bonchev–Trinajstić information content (AvgIpc) is 2.46. The predicted octanol–water partition coefficient (Wildman–Crippen LogP) is 2.34. The summed E-state index contributed by atoms with van der Waals surface area (Å²) in [5, 5.41) is 9.32. The third-order valence-corrected chi connectivity index (χ3v) is 4.64. The van der Waals surface area contributed by atoms with Gasteiger partial charge < -0.3 is 19.6 Å². The highest BCUT2D eigenvalue weighted by atomic mass is 16.6. The summed E-state index contributed by atoms with van der Waals surface area (Å²) in [6.07, 6.45) is 4.29. The lowest BCUT2D eigenvalue weighted by molar-refractivity contribution is 0.0157. The van der Waals surface area contributed by atoms with E-state index in [1.165, 1.54) is 6.42 Å². The molecule has 0 bridgehead atoms. The minimum absolute atomic E-state index is 0.177. The van der Waals surface area contributed by atoms with Crippen molar-refractivity contribution in [3.05, 3.63) is 0 Å². The van der Waals surface area contributed by atoms with Gasteiger partial charge in [-0.25, -0.2) is 4.79 Å². The number of piperidine rings is 2. The Morgan fingerprint density at radius 2 is 1.82 bits per heavy atom. The van der Waals surface area contributed by atoms with Crippen LogP contribution in [0.25, 0.3) is 0 Å². The van der Waals surface area contributed by atoms with Crippen molar-refractivity contribution in [3.63, 3.8) is 0 Å². The van der Waals surface area contributed by atoms with E-state index in [1.807, 2.05) is 25.7 Å². The van der Waals surface area contributed by atoms with Crippen LogP contribution in [0.2, 0.25) is 0 Å². The van der Waals surface area contributed by atoms with Crippen LogP contribution in [0, 0.1) is 11.8 Å². The summed E-state index contributed by atoms with van der Waals surface area (Å²) in [4.78, 5) is 16.4. The smallest absolute Gasteiger partial charge is 0.410 e. The van der Waals surface area contributed by atoms with Crippen molar-refractivity contribution in [2.75, 3.05) is 39.3 Å². The Morgan fingerprint density at radius 1 is 1.14 bits per heavy atom. The monoisotopic (exact) mass is 312 g/mol. The molecule has 0 aromatic heterocycles. The van der Waals surface area contributed by atoms with Gasteiger partial charge in [0.05, 0.1) is 0 Å². The summed E-state index contributed by atoms with van der Waals surface area (Å²) in [6.45, 7) is 10.9. The van der Waals surface area contributed by atoms with Gasteiger partial charge in [0.15, 0.2) is 0 Å². The van der Waals surface area contributed by atoms with E-state index in [2.05, 4.69) is 4.90 Å². The summed E-state index contributed by atoms with van der Waals surface area (Å²) in [5.41, 5.74) is -0.416. The molecule has 2 saturated heterocycles. The number of aliphatic hydroxyl groups excluding tert-OH is 1. The molecule has 0 radical (unpaired) electrons. The maximum Gasteiger partial charge on any atom is 0.410 e. The molecule has 0 unspecified atom stereocenters. The molecule has 2 rings (SSSR count). The fourth-order valence-corrected chi connectivity index (χ4v) is 3.46. The van der Waals surface area contributed by atoms with Crippen LogP contribution in [-0.4, -0.2) is 65.9 Å². The van der Waals surface area contributed by atoms with E-state index in [1.54, 1.807) is 0 Å². The highest BCUT2D eigenvalue weighted by Crippen LogP contribution is 2.23. The first-order chi connectivity index (χ1) is 10.4. The standard InChI is InChI=1S/C17H32N2O3/c1-17(2,3)22-16(21)19-9-6-14(7-10-19)11-18-8-4-5-15(12-18)13-20/h14-15,20H,4-13H2,1-3H3/t15-/m0/s1. The highest BCUT2D eigenvalue weighted by molar-refractivity contribution is 5.68. The molecule has 0 aliphatic carbocycles. The van der Waals surface area contributed by atoms with Crippen molar-refractivity contribution < 1.29 is 14.6 Å². The van der Waals surface area contributed by atoms with Gasteiger partial charge in [0.2, 0.25) is 0 Å². The van der Waals surface area contributed by atoms with Crippen LogP contribution in [0.1, 0.15) is 46.5 Å². The molecule has 5 heteroatoms. The molecule has 0 aromatic rings. The van der Waals surface area contributed by atoms with Gasteiger partial charge in [0.25, 0.3) is 0 Å². The van der Waals surface area contributed by atoms with Crippen molar-refractivity contribution >= 4 is 6.09 Å². The van der Waals surface area contributed by atoms with Crippen LogP contribution in [0.15, 0.2) is 0 Å². The molecule has 0 saturated carbocycles. The second-order valence-corrected chi connectivity index (χ2v) is 7.86. The number of hydrogen-bond acceptors (Lipinski definition) is 4. The Labute approximate surface area is 134 Å². The van der Waals surface area contributed by atoms with Crippen molar-refractivity contribution in [2.45, 2.75) is 52.1 Å². The predicted molar refractivity (Wildman–Crippen MR) is 86.8 cm³/mol. The summed E-state index contributed by atoms with van der Waals surface area (Å²) >= 11 is 0. The second-order valence-electron chi connectivity index (χ2n) is 7.86. The summed E-state index contributed by atoms with van der Waals surface area (Å²) in [5.74, 6) is 1.12. The van der Waals surface area contributed by atoms with E-state index >= 15 is 0 Å². The third-order valence-electron chi connectivity index (χ3n) is 4.64. The van der Waals surface area contributed by atoms with Crippen LogP contribution in [0.4, 0.5) is 4.79 Å². The van der Waals surface area contributed by atoms with Gasteiger partial charge in [0.1, 0.15) is 5.60 Å². The molecule has 128 valence electrons. The maximum atomic E-state index is 12.1. The Kier molecular flexibility index (Phi) is 6.09. The summed E-state index contributed by atoms with van der Waals surface area (Å²) in [7, 11) is 0. The zero-order valence-corrected chi connectivity index (χ0v) is 14.4. The fraction of sp³-hybridized carbons (Fsp3) is 0.941. The van der Waals surface area contributed by atoms with Crippen LogP contribution >= 0.6 is 0 Å². The minimum Gasteiger partial charge on any atom is -0.444 e. The van der Waals surface area contributed by atoms with Crippen molar-refractivity contribution in [3.8, 4) is 0 Å². The third kappa shape index (κ3) is 5.43. The van der Waals surface area contributed by atoms with Gasteiger partial charge in [-0.05, 0) is 64.8 Å². The van der Waals surface area contributed by atoms with Gasteiger partial charge in [-0.3, -0.25) is 0 Å². The SMILES string of the molecule is CC(C)(C)OC(=O)N1CCC(CN2CCC[C@H](CO)C2)CC1. The Hall–Kier alpha value is -0.810. The Balaban J connectivity index is 1.72. The number of carbonyl (C=O) groups excluding carboxylic acids is 1. The van der Waals surface area contributed by atoms with Crippen LogP contribution in [-0.2, 0) is 4.74 Å². The van der Waals surface area contributed by atoms with E-state index in [0.29, 0.717) is 18.4 Å².